The summed E-state index contributed by atoms with van der Waals surface area (Å²) in [5.74, 6) is -1.96. The Bertz CT molecular complexity index is 825. The number of carbonyl (C=O) groups excluding carboxylic acids is 3. The molecular weight excluding hydrogens is 326 g/mol. The van der Waals surface area contributed by atoms with Crippen LogP contribution >= 0.6 is 0 Å². The maximum atomic E-state index is 12.2. The summed E-state index contributed by atoms with van der Waals surface area (Å²) >= 11 is 0. The van der Waals surface area contributed by atoms with E-state index in [9.17, 15) is 19.5 Å². The monoisotopic (exact) mass is 341 g/mol. The molecule has 25 heavy (non-hydrogen) atoms. The second-order valence-corrected chi connectivity index (χ2v) is 5.30. The summed E-state index contributed by atoms with van der Waals surface area (Å²) < 4.78 is 4.86. The van der Waals surface area contributed by atoms with Crippen molar-refractivity contribution < 1.29 is 29.1 Å². The third kappa shape index (κ3) is 3.09. The van der Waals surface area contributed by atoms with Crippen molar-refractivity contribution in [3.63, 3.8) is 0 Å². The number of imide groups is 1. The van der Waals surface area contributed by atoms with E-state index >= 15 is 0 Å². The van der Waals surface area contributed by atoms with E-state index in [1.807, 2.05) is 0 Å². The maximum absolute atomic E-state index is 12.2. The first-order valence-corrected chi connectivity index (χ1v) is 7.62. The first-order chi connectivity index (χ1) is 12.0. The summed E-state index contributed by atoms with van der Waals surface area (Å²) in [7, 11) is 0. The van der Waals surface area contributed by atoms with Crippen LogP contribution in [-0.4, -0.2) is 34.6 Å². The van der Waals surface area contributed by atoms with Gasteiger partial charge in [-0.1, -0.05) is 18.2 Å². The Morgan fingerprint density at radius 1 is 1.08 bits per heavy atom. The van der Waals surface area contributed by atoms with Gasteiger partial charge in [0.1, 0.15) is 17.9 Å². The lowest BCUT2D eigenvalue weighted by molar-refractivity contribution is -0.101. The van der Waals surface area contributed by atoms with Gasteiger partial charge < -0.3 is 9.84 Å². The van der Waals surface area contributed by atoms with Gasteiger partial charge in [-0.05, 0) is 36.8 Å². The Balaban J connectivity index is 1.75. The van der Waals surface area contributed by atoms with Crippen LogP contribution in [0.15, 0.2) is 42.5 Å². The van der Waals surface area contributed by atoms with Crippen LogP contribution in [-0.2, 0) is 16.2 Å². The molecule has 3 rings (SSSR count). The summed E-state index contributed by atoms with van der Waals surface area (Å²) in [6.07, 6.45) is 0. The minimum Gasteiger partial charge on any atom is -0.507 e. The number of hydroxylamine groups is 2. The van der Waals surface area contributed by atoms with Gasteiger partial charge >= 0.3 is 5.97 Å². The SMILES string of the molecule is CCOC(=O)c1cc(CON2C(=O)c3ccccc3C2=O)ccc1O. The van der Waals surface area contributed by atoms with E-state index in [0.717, 1.165) is 0 Å². The molecule has 0 fully saturated rings. The molecule has 0 saturated carbocycles. The van der Waals surface area contributed by atoms with Crippen LogP contribution in [0.4, 0.5) is 0 Å². The number of phenols is 1. The van der Waals surface area contributed by atoms with Crippen molar-refractivity contribution in [2.45, 2.75) is 13.5 Å². The van der Waals surface area contributed by atoms with Gasteiger partial charge in [-0.3, -0.25) is 14.4 Å². The zero-order valence-corrected chi connectivity index (χ0v) is 13.4. The molecule has 2 amide bonds. The van der Waals surface area contributed by atoms with E-state index in [1.54, 1.807) is 31.2 Å². The van der Waals surface area contributed by atoms with Crippen LogP contribution in [0, 0.1) is 0 Å². The first kappa shape index (κ1) is 16.7. The zero-order valence-electron chi connectivity index (χ0n) is 13.4. The highest BCUT2D eigenvalue weighted by atomic mass is 16.7. The van der Waals surface area contributed by atoms with Crippen molar-refractivity contribution in [1.82, 2.24) is 5.06 Å². The van der Waals surface area contributed by atoms with Crippen LogP contribution in [0.3, 0.4) is 0 Å². The van der Waals surface area contributed by atoms with Gasteiger partial charge in [-0.25, -0.2) is 4.79 Å². The highest BCUT2D eigenvalue weighted by Gasteiger charge is 2.36. The van der Waals surface area contributed by atoms with Crippen molar-refractivity contribution in [2.24, 2.45) is 0 Å². The zero-order chi connectivity index (χ0) is 18.0. The summed E-state index contributed by atoms with van der Waals surface area (Å²) in [6, 6.07) is 10.7. The van der Waals surface area contributed by atoms with Crippen molar-refractivity contribution in [2.75, 3.05) is 6.61 Å². The number of nitrogens with zero attached hydrogens (tertiary/aromatic N) is 1. The number of esters is 1. The fourth-order valence-corrected chi connectivity index (χ4v) is 2.47. The van der Waals surface area contributed by atoms with Gasteiger partial charge in [-0.15, -0.1) is 5.06 Å². The Kier molecular flexibility index (Phi) is 4.49. The predicted octanol–water partition coefficient (Wildman–Crippen LogP) is 2.30. The number of amides is 2. The molecular formula is C18H15NO6. The van der Waals surface area contributed by atoms with Gasteiger partial charge in [0.25, 0.3) is 11.8 Å². The average molecular weight is 341 g/mol. The van der Waals surface area contributed by atoms with E-state index in [4.69, 9.17) is 9.57 Å². The summed E-state index contributed by atoms with van der Waals surface area (Å²) in [5, 5.41) is 10.4. The van der Waals surface area contributed by atoms with Crippen molar-refractivity contribution >= 4 is 17.8 Å². The summed E-state index contributed by atoms with van der Waals surface area (Å²) in [6.45, 7) is 1.70. The Morgan fingerprint density at radius 2 is 1.72 bits per heavy atom. The van der Waals surface area contributed by atoms with E-state index in [1.165, 1.54) is 18.2 Å². The molecule has 1 aliphatic heterocycles. The predicted molar refractivity (Wildman–Crippen MR) is 85.8 cm³/mol. The second kappa shape index (κ2) is 6.74. The van der Waals surface area contributed by atoms with Crippen LogP contribution in [0.5, 0.6) is 5.75 Å². The molecule has 1 heterocycles. The van der Waals surface area contributed by atoms with E-state index in [0.29, 0.717) is 10.6 Å². The quantitative estimate of drug-likeness (QED) is 0.662. The number of phenolic OH excluding ortho intramolecular Hbond substituents is 1. The van der Waals surface area contributed by atoms with Gasteiger partial charge in [0.2, 0.25) is 0 Å². The lowest BCUT2D eigenvalue weighted by atomic mass is 10.1. The molecule has 0 radical (unpaired) electrons. The van der Waals surface area contributed by atoms with Crippen LogP contribution in [0.1, 0.15) is 43.6 Å². The largest absolute Gasteiger partial charge is 0.507 e. The number of ether oxygens (including phenoxy) is 1. The molecule has 0 bridgehead atoms. The molecule has 0 aromatic heterocycles. The van der Waals surface area contributed by atoms with Crippen molar-refractivity contribution in [1.29, 1.82) is 0 Å². The number of benzene rings is 2. The molecule has 7 heteroatoms. The third-order valence-electron chi connectivity index (χ3n) is 3.67. The Hall–Kier alpha value is -3.19. The van der Waals surface area contributed by atoms with E-state index in [-0.39, 0.29) is 35.7 Å². The lowest BCUT2D eigenvalue weighted by Crippen LogP contribution is -2.29. The minimum atomic E-state index is -0.664. The van der Waals surface area contributed by atoms with E-state index in [2.05, 4.69) is 0 Å². The molecule has 0 spiro atoms. The molecule has 0 aliphatic carbocycles. The molecule has 2 aromatic rings. The van der Waals surface area contributed by atoms with Gasteiger partial charge in [0.05, 0.1) is 17.7 Å². The molecule has 1 N–H and O–H groups in total. The van der Waals surface area contributed by atoms with Crippen LogP contribution < -0.4 is 0 Å². The van der Waals surface area contributed by atoms with Crippen LogP contribution in [0.25, 0.3) is 0 Å². The topological polar surface area (TPSA) is 93.1 Å². The van der Waals surface area contributed by atoms with Crippen molar-refractivity contribution in [3.8, 4) is 5.75 Å². The van der Waals surface area contributed by atoms with Crippen LogP contribution in [0.2, 0.25) is 0 Å². The molecule has 2 aromatic carbocycles. The molecule has 128 valence electrons. The fraction of sp³-hybridized carbons (Fsp3) is 0.167. The van der Waals surface area contributed by atoms with E-state index < -0.39 is 17.8 Å². The number of fused-ring (bicyclic) bond motifs is 1. The molecule has 0 saturated heterocycles. The average Bonchev–Trinajstić information content (AvgIpc) is 2.86. The van der Waals surface area contributed by atoms with Gasteiger partial charge in [-0.2, -0.15) is 0 Å². The normalized spacial score (nSPS) is 13.1. The molecule has 0 unspecified atom stereocenters. The second-order valence-electron chi connectivity index (χ2n) is 5.30. The smallest absolute Gasteiger partial charge is 0.341 e. The van der Waals surface area contributed by atoms with Gasteiger partial charge in [0.15, 0.2) is 0 Å². The first-order valence-electron chi connectivity index (χ1n) is 7.62. The standard InChI is InChI=1S/C18H15NO6/c1-2-24-18(23)14-9-11(7-8-15(14)20)10-25-19-16(21)12-5-3-4-6-13(12)17(19)22/h3-9,20H,2,10H2,1H3. The lowest BCUT2D eigenvalue weighted by Gasteiger charge is -2.14. The minimum absolute atomic E-state index is 0.00897. The van der Waals surface area contributed by atoms with Gasteiger partial charge in [0, 0.05) is 0 Å². The fourth-order valence-electron chi connectivity index (χ4n) is 2.47. The number of rotatable bonds is 5. The third-order valence-corrected chi connectivity index (χ3v) is 3.67. The number of aromatic hydroxyl groups is 1. The highest BCUT2D eigenvalue weighted by molar-refractivity contribution is 6.20. The Labute approximate surface area is 143 Å². The number of carbonyl (C=O) groups is 3. The Morgan fingerprint density at radius 3 is 2.32 bits per heavy atom. The maximum Gasteiger partial charge on any atom is 0.341 e. The molecule has 0 atom stereocenters. The molecule has 1 aliphatic rings. The number of hydrogen-bond donors (Lipinski definition) is 1. The molecule has 7 nitrogen and oxygen atoms in total. The number of hydrogen-bond acceptors (Lipinski definition) is 6. The van der Waals surface area contributed by atoms with Crippen molar-refractivity contribution in [3.05, 3.63) is 64.7 Å². The summed E-state index contributed by atoms with van der Waals surface area (Å²) in [4.78, 5) is 41.5. The highest BCUT2D eigenvalue weighted by Crippen LogP contribution is 2.24. The summed E-state index contributed by atoms with van der Waals surface area (Å²) in [5.41, 5.74) is 1.05.